The number of alkyl halides is 1. The Balaban J connectivity index is 3.48. The predicted molar refractivity (Wildman–Crippen MR) is 187 cm³/mol. The molecule has 14 nitrogen and oxygen atoms in total. The van der Waals surface area contributed by atoms with E-state index in [-0.39, 0.29) is 59.0 Å². The number of nitrogens with one attached hydrogen (secondary N) is 3. The molecule has 3 N–H and O–H groups in total. The summed E-state index contributed by atoms with van der Waals surface area (Å²) in [4.78, 5) is 85.5. The Kier molecular flexibility index (Phi) is 19.1. The smallest absolute Gasteiger partial charge is 0.303 e. The van der Waals surface area contributed by atoms with Crippen LogP contribution < -0.4 is 16.0 Å². The van der Waals surface area contributed by atoms with Crippen LogP contribution in [-0.2, 0) is 42.9 Å². The second-order valence-electron chi connectivity index (χ2n) is 9.25. The largest absolute Gasteiger partial charge is 0.462 e. The van der Waals surface area contributed by atoms with Crippen molar-refractivity contribution < 1.29 is 52.5 Å². The number of amides is 3. The molecule has 0 aliphatic carbocycles. The molecule has 0 saturated heterocycles. The van der Waals surface area contributed by atoms with Gasteiger partial charge < -0.3 is 34.9 Å². The van der Waals surface area contributed by atoms with E-state index >= 15 is 0 Å². The first-order valence-electron chi connectivity index (χ1n) is 13.3. The SMILES string of the molecule is CC(=O)OCC(CNC(=O)c1c(I)c(NC(=O)CCCCCl)c(I)c(C(=O)NCC(COC(C)=O)OC(C)=O)c1I)OC(C)=O. The van der Waals surface area contributed by atoms with Crippen LogP contribution in [0.2, 0.25) is 0 Å². The maximum Gasteiger partial charge on any atom is 0.303 e. The van der Waals surface area contributed by atoms with Crippen molar-refractivity contribution in [2.45, 2.75) is 59.2 Å². The number of unbranched alkanes of at least 4 members (excludes halogenated alkanes) is 1. The van der Waals surface area contributed by atoms with Gasteiger partial charge in [-0.15, -0.1) is 11.6 Å². The van der Waals surface area contributed by atoms with Crippen molar-refractivity contribution in [3.63, 3.8) is 0 Å². The Morgan fingerprint density at radius 1 is 0.667 bits per heavy atom. The third kappa shape index (κ3) is 15.0. The van der Waals surface area contributed by atoms with Crippen LogP contribution in [0.15, 0.2) is 0 Å². The van der Waals surface area contributed by atoms with Crippen molar-refractivity contribution in [3.05, 3.63) is 21.8 Å². The molecule has 45 heavy (non-hydrogen) atoms. The van der Waals surface area contributed by atoms with Gasteiger partial charge in [-0.05, 0) is 80.6 Å². The highest BCUT2D eigenvalue weighted by atomic mass is 127. The van der Waals surface area contributed by atoms with E-state index in [1.165, 1.54) is 27.7 Å². The molecule has 3 amide bonds. The summed E-state index contributed by atoms with van der Waals surface area (Å²) in [5.74, 6) is -3.82. The molecule has 0 spiro atoms. The lowest BCUT2D eigenvalue weighted by molar-refractivity contribution is -0.155. The Labute approximate surface area is 305 Å². The van der Waals surface area contributed by atoms with Crippen LogP contribution in [0.3, 0.4) is 0 Å². The summed E-state index contributed by atoms with van der Waals surface area (Å²) in [5, 5.41) is 8.05. The van der Waals surface area contributed by atoms with E-state index in [0.29, 0.717) is 25.9 Å². The topological polar surface area (TPSA) is 192 Å². The second-order valence-corrected chi connectivity index (χ2v) is 12.9. The van der Waals surface area contributed by atoms with Gasteiger partial charge in [-0.3, -0.25) is 33.6 Å². The van der Waals surface area contributed by atoms with Crippen LogP contribution in [0.1, 0.15) is 67.7 Å². The average molecular weight is 992 g/mol. The monoisotopic (exact) mass is 991 g/mol. The molecule has 18 heteroatoms. The Bertz CT molecular complexity index is 1220. The number of esters is 4. The van der Waals surface area contributed by atoms with Crippen molar-refractivity contribution in [1.82, 2.24) is 10.6 Å². The minimum absolute atomic E-state index is 0.0448. The number of halogens is 4. The highest BCUT2D eigenvalue weighted by molar-refractivity contribution is 14.1. The summed E-state index contributed by atoms with van der Waals surface area (Å²) in [5.41, 5.74) is 0.308. The first-order valence-corrected chi connectivity index (χ1v) is 17.1. The molecule has 0 heterocycles. The number of rotatable bonds is 17. The Hall–Kier alpha value is -2.01. The van der Waals surface area contributed by atoms with Crippen molar-refractivity contribution in [2.75, 3.05) is 37.5 Å². The van der Waals surface area contributed by atoms with Crippen molar-refractivity contribution in [3.8, 4) is 0 Å². The van der Waals surface area contributed by atoms with Crippen molar-refractivity contribution in [1.29, 1.82) is 0 Å². The summed E-state index contributed by atoms with van der Waals surface area (Å²) >= 11 is 11.3. The molecule has 0 aromatic heterocycles. The average Bonchev–Trinajstić information content (AvgIpc) is 2.93. The molecule has 0 fully saturated rings. The van der Waals surface area contributed by atoms with Gasteiger partial charge in [0.05, 0.1) is 37.0 Å². The van der Waals surface area contributed by atoms with E-state index in [0.717, 1.165) is 0 Å². The highest BCUT2D eigenvalue weighted by Crippen LogP contribution is 2.36. The number of hydrogen-bond acceptors (Lipinski definition) is 11. The number of carbonyl (C=O) groups is 7. The quantitative estimate of drug-likeness (QED) is 0.0683. The third-order valence-electron chi connectivity index (χ3n) is 5.41. The molecule has 0 radical (unpaired) electrons. The molecule has 1 rings (SSSR count). The van der Waals surface area contributed by atoms with Crippen LogP contribution in [0.5, 0.6) is 0 Å². The van der Waals surface area contributed by atoms with E-state index < -0.39 is 47.9 Å². The summed E-state index contributed by atoms with van der Waals surface area (Å²) in [7, 11) is 0. The standard InChI is InChI=1S/C27H33ClI3N3O11/c1-13(35)42-11-17(44-15(3)37)9-32-26(40)20-22(29)21(24(31)25(23(20)30)34-19(39)7-5-6-8-28)27(41)33-10-18(45-16(4)38)12-43-14(2)36/h17-18H,5-12H2,1-4H3,(H,32,40)(H,33,41)(H,34,39). The zero-order chi connectivity index (χ0) is 34.3. The fourth-order valence-corrected chi connectivity index (χ4v) is 8.11. The normalized spacial score (nSPS) is 11.8. The van der Waals surface area contributed by atoms with Gasteiger partial charge in [-0.2, -0.15) is 0 Å². The molecule has 0 aliphatic heterocycles. The van der Waals surface area contributed by atoms with Crippen LogP contribution in [0, 0.1) is 10.7 Å². The minimum atomic E-state index is -0.992. The summed E-state index contributed by atoms with van der Waals surface area (Å²) in [6, 6.07) is 0. The maximum absolute atomic E-state index is 13.5. The molecular weight excluding hydrogens is 958 g/mol. The molecule has 0 aliphatic rings. The zero-order valence-corrected chi connectivity index (χ0v) is 32.0. The van der Waals surface area contributed by atoms with Gasteiger partial charge in [0, 0.05) is 43.6 Å². The van der Waals surface area contributed by atoms with E-state index in [1.807, 2.05) is 67.8 Å². The van der Waals surface area contributed by atoms with Crippen LogP contribution in [0.4, 0.5) is 5.69 Å². The second kappa shape index (κ2) is 21.0. The van der Waals surface area contributed by atoms with Crippen molar-refractivity contribution >= 4 is 127 Å². The van der Waals surface area contributed by atoms with E-state index in [2.05, 4.69) is 16.0 Å². The van der Waals surface area contributed by atoms with Crippen LogP contribution in [-0.4, -0.2) is 86.0 Å². The van der Waals surface area contributed by atoms with Crippen molar-refractivity contribution in [2.24, 2.45) is 0 Å². The van der Waals surface area contributed by atoms with Gasteiger partial charge in [0.2, 0.25) is 5.91 Å². The molecule has 2 unspecified atom stereocenters. The number of ether oxygens (including phenoxy) is 4. The summed E-state index contributed by atoms with van der Waals surface area (Å²) in [6.07, 6.45) is -0.699. The molecular formula is C27H33ClI3N3O11. The first-order chi connectivity index (χ1) is 21.1. The molecule has 1 aromatic carbocycles. The van der Waals surface area contributed by atoms with E-state index in [9.17, 15) is 33.6 Å². The number of benzene rings is 1. The molecule has 1 aromatic rings. The summed E-state index contributed by atoms with van der Waals surface area (Å²) in [6.45, 7) is 3.63. The van der Waals surface area contributed by atoms with Gasteiger partial charge in [0.15, 0.2) is 12.2 Å². The molecule has 2 atom stereocenters. The number of hydrogen-bond donors (Lipinski definition) is 3. The Morgan fingerprint density at radius 3 is 1.44 bits per heavy atom. The fourth-order valence-electron chi connectivity index (χ4n) is 3.50. The molecule has 0 bridgehead atoms. The third-order valence-corrected chi connectivity index (χ3v) is 8.92. The number of anilines is 1. The van der Waals surface area contributed by atoms with Gasteiger partial charge in [-0.1, -0.05) is 0 Å². The fraction of sp³-hybridized carbons (Fsp3) is 0.519. The lowest BCUT2D eigenvalue weighted by Gasteiger charge is -2.22. The Morgan fingerprint density at radius 2 is 1.09 bits per heavy atom. The van der Waals surface area contributed by atoms with Gasteiger partial charge in [0.1, 0.15) is 13.2 Å². The maximum atomic E-state index is 13.5. The van der Waals surface area contributed by atoms with E-state index in [1.54, 1.807) is 0 Å². The molecule has 250 valence electrons. The van der Waals surface area contributed by atoms with E-state index in [4.69, 9.17) is 30.5 Å². The van der Waals surface area contributed by atoms with Crippen LogP contribution >= 0.6 is 79.4 Å². The van der Waals surface area contributed by atoms with Gasteiger partial charge in [-0.25, -0.2) is 0 Å². The lowest BCUT2D eigenvalue weighted by Crippen LogP contribution is -2.40. The summed E-state index contributed by atoms with van der Waals surface area (Å²) < 4.78 is 21.0. The highest BCUT2D eigenvalue weighted by Gasteiger charge is 2.30. The molecule has 0 saturated carbocycles. The first kappa shape index (κ1) is 41.0. The minimum Gasteiger partial charge on any atom is -0.462 e. The predicted octanol–water partition coefficient (Wildman–Crippen LogP) is 3.30. The van der Waals surface area contributed by atoms with Gasteiger partial charge >= 0.3 is 23.9 Å². The van der Waals surface area contributed by atoms with Crippen LogP contribution in [0.25, 0.3) is 0 Å². The zero-order valence-electron chi connectivity index (χ0n) is 24.8. The lowest BCUT2D eigenvalue weighted by atomic mass is 10.1. The number of carbonyl (C=O) groups excluding carboxylic acids is 7. The van der Waals surface area contributed by atoms with Gasteiger partial charge in [0.25, 0.3) is 11.8 Å².